The Bertz CT molecular complexity index is 395. The zero-order valence-corrected chi connectivity index (χ0v) is 11.9. The van der Waals surface area contributed by atoms with Crippen LogP contribution in [-0.2, 0) is 9.59 Å². The monoisotopic (exact) mass is 285 g/mol. The van der Waals surface area contributed by atoms with E-state index in [1.54, 1.807) is 0 Å². The standard InChI is InChI=1S/C13H23N3O4/c1-13(2)6-5-8(7-13)15-12(20)16-9(11(18)19)3-4-10(14)17/h8-9H,3-7H2,1-2H3,(H2,14,17)(H,18,19)(H2,15,16,20)/t8?,9-/m0/s1. The lowest BCUT2D eigenvalue weighted by Crippen LogP contribution is -2.48. The second kappa shape index (κ2) is 6.58. The number of carboxylic acids is 1. The summed E-state index contributed by atoms with van der Waals surface area (Å²) < 4.78 is 0. The Morgan fingerprint density at radius 3 is 2.50 bits per heavy atom. The molecular weight excluding hydrogens is 262 g/mol. The van der Waals surface area contributed by atoms with E-state index in [2.05, 4.69) is 24.5 Å². The predicted octanol–water partition coefficient (Wildman–Crippen LogP) is 0.583. The minimum absolute atomic E-state index is 0.00571. The maximum absolute atomic E-state index is 11.8. The average molecular weight is 285 g/mol. The van der Waals surface area contributed by atoms with E-state index in [4.69, 9.17) is 10.8 Å². The van der Waals surface area contributed by atoms with Gasteiger partial charge in [-0.15, -0.1) is 0 Å². The molecule has 5 N–H and O–H groups in total. The number of primary amides is 1. The highest BCUT2D eigenvalue weighted by Crippen LogP contribution is 2.36. The number of aliphatic carboxylic acids is 1. The van der Waals surface area contributed by atoms with Gasteiger partial charge >= 0.3 is 12.0 Å². The van der Waals surface area contributed by atoms with Gasteiger partial charge in [0.2, 0.25) is 5.91 Å². The second-order valence-electron chi connectivity index (χ2n) is 6.12. The molecule has 7 nitrogen and oxygen atoms in total. The van der Waals surface area contributed by atoms with Crippen LogP contribution in [0.15, 0.2) is 0 Å². The zero-order valence-electron chi connectivity index (χ0n) is 11.9. The molecule has 114 valence electrons. The number of carboxylic acid groups (broad SMARTS) is 1. The van der Waals surface area contributed by atoms with E-state index in [0.29, 0.717) is 0 Å². The lowest BCUT2D eigenvalue weighted by Gasteiger charge is -2.19. The van der Waals surface area contributed by atoms with Gasteiger partial charge in [-0.25, -0.2) is 9.59 Å². The van der Waals surface area contributed by atoms with Crippen molar-refractivity contribution in [2.75, 3.05) is 0 Å². The van der Waals surface area contributed by atoms with Crippen LogP contribution in [0.4, 0.5) is 4.79 Å². The van der Waals surface area contributed by atoms with Crippen LogP contribution in [-0.4, -0.2) is 35.1 Å². The maximum atomic E-state index is 11.8. The molecule has 3 amide bonds. The predicted molar refractivity (Wildman–Crippen MR) is 72.9 cm³/mol. The van der Waals surface area contributed by atoms with Crippen molar-refractivity contribution in [2.24, 2.45) is 11.1 Å². The first-order valence-corrected chi connectivity index (χ1v) is 6.78. The Kier molecular flexibility index (Phi) is 5.35. The molecule has 0 bridgehead atoms. The SMILES string of the molecule is CC1(C)CCC(NC(=O)N[C@@H](CCC(N)=O)C(=O)O)C1. The summed E-state index contributed by atoms with van der Waals surface area (Å²) in [6.07, 6.45) is 2.71. The maximum Gasteiger partial charge on any atom is 0.326 e. The number of carbonyl (C=O) groups is 3. The molecule has 0 aromatic rings. The van der Waals surface area contributed by atoms with E-state index >= 15 is 0 Å². The van der Waals surface area contributed by atoms with Gasteiger partial charge in [-0.3, -0.25) is 4.79 Å². The zero-order chi connectivity index (χ0) is 15.3. The number of nitrogens with one attached hydrogen (secondary N) is 2. The summed E-state index contributed by atoms with van der Waals surface area (Å²) in [7, 11) is 0. The number of urea groups is 1. The van der Waals surface area contributed by atoms with E-state index in [0.717, 1.165) is 19.3 Å². The molecule has 7 heteroatoms. The van der Waals surface area contributed by atoms with Crippen LogP contribution < -0.4 is 16.4 Å². The summed E-state index contributed by atoms with van der Waals surface area (Å²) >= 11 is 0. The quantitative estimate of drug-likeness (QED) is 0.570. The molecule has 1 rings (SSSR count). The molecule has 0 saturated heterocycles. The average Bonchev–Trinajstić information content (AvgIpc) is 2.63. The third kappa shape index (κ3) is 5.46. The van der Waals surface area contributed by atoms with Crippen LogP contribution in [0.3, 0.4) is 0 Å². The summed E-state index contributed by atoms with van der Waals surface area (Å²) in [6, 6.07) is -1.54. The van der Waals surface area contributed by atoms with Crippen molar-refractivity contribution < 1.29 is 19.5 Å². The van der Waals surface area contributed by atoms with Gasteiger partial charge in [0.25, 0.3) is 0 Å². The molecule has 2 atom stereocenters. The molecule has 1 aliphatic rings. The van der Waals surface area contributed by atoms with Gasteiger partial charge in [-0.2, -0.15) is 0 Å². The molecule has 0 spiro atoms. The Morgan fingerprint density at radius 1 is 1.40 bits per heavy atom. The normalized spacial score (nSPS) is 22.0. The Hall–Kier alpha value is -1.79. The minimum Gasteiger partial charge on any atom is -0.480 e. The number of carbonyl (C=O) groups excluding carboxylic acids is 2. The number of hydrogen-bond acceptors (Lipinski definition) is 3. The second-order valence-corrected chi connectivity index (χ2v) is 6.12. The first kappa shape index (κ1) is 16.3. The van der Waals surface area contributed by atoms with Crippen molar-refractivity contribution in [1.29, 1.82) is 0 Å². The highest BCUT2D eigenvalue weighted by Gasteiger charge is 2.32. The molecule has 0 aliphatic heterocycles. The minimum atomic E-state index is -1.17. The topological polar surface area (TPSA) is 122 Å². The molecule has 1 unspecified atom stereocenters. The van der Waals surface area contributed by atoms with Gasteiger partial charge in [0.15, 0.2) is 0 Å². The van der Waals surface area contributed by atoms with Crippen molar-refractivity contribution in [3.05, 3.63) is 0 Å². The third-order valence-electron chi connectivity index (χ3n) is 3.59. The number of rotatable bonds is 6. The van der Waals surface area contributed by atoms with E-state index in [1.807, 2.05) is 0 Å². The van der Waals surface area contributed by atoms with Gasteiger partial charge < -0.3 is 21.5 Å². The fourth-order valence-electron chi connectivity index (χ4n) is 2.49. The van der Waals surface area contributed by atoms with Gasteiger partial charge in [0.05, 0.1) is 0 Å². The number of nitrogens with two attached hydrogens (primary N) is 1. The van der Waals surface area contributed by atoms with E-state index in [9.17, 15) is 14.4 Å². The Morgan fingerprint density at radius 2 is 2.05 bits per heavy atom. The summed E-state index contributed by atoms with van der Waals surface area (Å²) in [5.41, 5.74) is 5.18. The molecule has 0 radical (unpaired) electrons. The first-order chi connectivity index (χ1) is 9.19. The molecule has 1 saturated carbocycles. The summed E-state index contributed by atoms with van der Waals surface area (Å²) in [4.78, 5) is 33.4. The van der Waals surface area contributed by atoms with Crippen molar-refractivity contribution in [2.45, 2.75) is 58.0 Å². The van der Waals surface area contributed by atoms with Crippen LogP contribution >= 0.6 is 0 Å². The van der Waals surface area contributed by atoms with E-state index in [-0.39, 0.29) is 24.3 Å². The summed E-state index contributed by atoms with van der Waals surface area (Å²) in [5.74, 6) is -1.76. The van der Waals surface area contributed by atoms with Crippen LogP contribution in [0.5, 0.6) is 0 Å². The van der Waals surface area contributed by atoms with E-state index in [1.165, 1.54) is 0 Å². The fraction of sp³-hybridized carbons (Fsp3) is 0.769. The van der Waals surface area contributed by atoms with Crippen molar-refractivity contribution in [3.8, 4) is 0 Å². The molecule has 0 aromatic heterocycles. The lowest BCUT2D eigenvalue weighted by molar-refractivity contribution is -0.139. The van der Waals surface area contributed by atoms with Crippen molar-refractivity contribution in [1.82, 2.24) is 10.6 Å². The molecule has 1 fully saturated rings. The number of amides is 3. The highest BCUT2D eigenvalue weighted by molar-refractivity contribution is 5.83. The third-order valence-corrected chi connectivity index (χ3v) is 3.59. The van der Waals surface area contributed by atoms with Crippen molar-refractivity contribution in [3.63, 3.8) is 0 Å². The van der Waals surface area contributed by atoms with Gasteiger partial charge in [-0.05, 0) is 31.1 Å². The number of hydrogen-bond donors (Lipinski definition) is 4. The first-order valence-electron chi connectivity index (χ1n) is 6.78. The summed E-state index contributed by atoms with van der Waals surface area (Å²) in [5, 5.41) is 14.1. The smallest absolute Gasteiger partial charge is 0.326 e. The largest absolute Gasteiger partial charge is 0.480 e. The summed E-state index contributed by atoms with van der Waals surface area (Å²) in [6.45, 7) is 4.28. The van der Waals surface area contributed by atoms with Crippen molar-refractivity contribution >= 4 is 17.9 Å². The lowest BCUT2D eigenvalue weighted by atomic mass is 9.92. The molecule has 0 heterocycles. The molecule has 20 heavy (non-hydrogen) atoms. The van der Waals surface area contributed by atoms with E-state index < -0.39 is 23.9 Å². The Balaban J connectivity index is 2.42. The fourth-order valence-corrected chi connectivity index (χ4v) is 2.49. The molecular formula is C13H23N3O4. The van der Waals surface area contributed by atoms with Crippen LogP contribution in [0, 0.1) is 5.41 Å². The van der Waals surface area contributed by atoms with Crippen LogP contribution in [0.2, 0.25) is 0 Å². The van der Waals surface area contributed by atoms with Gasteiger partial charge in [-0.1, -0.05) is 13.8 Å². The van der Waals surface area contributed by atoms with Crippen LogP contribution in [0.1, 0.15) is 46.0 Å². The Labute approximate surface area is 118 Å². The van der Waals surface area contributed by atoms with Gasteiger partial charge in [0, 0.05) is 12.5 Å². The highest BCUT2D eigenvalue weighted by atomic mass is 16.4. The van der Waals surface area contributed by atoms with Crippen LogP contribution in [0.25, 0.3) is 0 Å². The molecule has 0 aromatic carbocycles. The van der Waals surface area contributed by atoms with Gasteiger partial charge in [0.1, 0.15) is 6.04 Å². The molecule has 1 aliphatic carbocycles.